The molecule has 0 unspecified atom stereocenters. The molecule has 0 aliphatic heterocycles. The average molecular weight is 343 g/mol. The Kier molecular flexibility index (Phi) is 4.31. The number of amides is 1. The molecular weight excluding hydrogens is 328 g/mol. The van der Waals surface area contributed by atoms with Gasteiger partial charge in [0.15, 0.2) is 0 Å². The lowest BCUT2D eigenvalue weighted by atomic mass is 10.1. The highest BCUT2D eigenvalue weighted by Gasteiger charge is 2.19. The van der Waals surface area contributed by atoms with Gasteiger partial charge in [-0.05, 0) is 30.7 Å². The van der Waals surface area contributed by atoms with Crippen LogP contribution in [0.4, 0.5) is 0 Å². The molecule has 0 fully saturated rings. The Bertz CT molecular complexity index is 918. The predicted molar refractivity (Wildman–Crippen MR) is 92.6 cm³/mol. The van der Waals surface area contributed by atoms with E-state index in [1.807, 2.05) is 41.8 Å². The zero-order chi connectivity index (χ0) is 17.3. The number of halogens is 1. The fourth-order valence-electron chi connectivity index (χ4n) is 2.51. The van der Waals surface area contributed by atoms with E-state index in [4.69, 9.17) is 11.6 Å². The van der Waals surface area contributed by atoms with Gasteiger partial charge in [-0.25, -0.2) is 4.98 Å². The van der Waals surface area contributed by atoms with Gasteiger partial charge >= 0.3 is 0 Å². The van der Waals surface area contributed by atoms with Gasteiger partial charge in [0.1, 0.15) is 5.65 Å². The summed E-state index contributed by atoms with van der Waals surface area (Å²) < 4.78 is 1.87. The molecular formula is C17H15ClN4O2. The lowest BCUT2D eigenvalue weighted by Crippen LogP contribution is -2.23. The van der Waals surface area contributed by atoms with Crippen LogP contribution < -0.4 is 0 Å². The standard InChI is InChI=1S/C17H15ClN4O2/c1-11-3-8-15-19-17(12-4-6-13(18)7-5-12)14(22(15)10-11)9-16(23)21(2)20-24/h3-8,10H,9H2,1-2H3. The van der Waals surface area contributed by atoms with Crippen LogP contribution in [0.25, 0.3) is 16.9 Å². The first-order valence-electron chi connectivity index (χ1n) is 7.33. The van der Waals surface area contributed by atoms with Gasteiger partial charge in [0.2, 0.25) is 0 Å². The van der Waals surface area contributed by atoms with Gasteiger partial charge < -0.3 is 4.40 Å². The third kappa shape index (κ3) is 3.00. The van der Waals surface area contributed by atoms with Crippen molar-refractivity contribution < 1.29 is 4.79 Å². The SMILES string of the molecule is Cc1ccc2nc(-c3ccc(Cl)cc3)c(CC(=O)N(C)N=O)n2c1. The van der Waals surface area contributed by atoms with Crippen LogP contribution in [0.3, 0.4) is 0 Å². The summed E-state index contributed by atoms with van der Waals surface area (Å²) in [5.74, 6) is -0.400. The van der Waals surface area contributed by atoms with Crippen LogP contribution in [0.1, 0.15) is 11.3 Å². The van der Waals surface area contributed by atoms with E-state index in [0.717, 1.165) is 21.8 Å². The highest BCUT2D eigenvalue weighted by molar-refractivity contribution is 6.30. The first-order chi connectivity index (χ1) is 11.5. The third-order valence-corrected chi connectivity index (χ3v) is 4.04. The molecule has 2 aromatic heterocycles. The maximum atomic E-state index is 12.2. The zero-order valence-electron chi connectivity index (χ0n) is 13.2. The van der Waals surface area contributed by atoms with Crippen molar-refractivity contribution in [3.05, 3.63) is 63.8 Å². The van der Waals surface area contributed by atoms with Crippen molar-refractivity contribution in [2.45, 2.75) is 13.3 Å². The number of likely N-dealkylation sites (N-methyl/N-ethyl adjacent to an activating group) is 1. The number of nitrogens with zero attached hydrogens (tertiary/aromatic N) is 4. The molecule has 0 bridgehead atoms. The highest BCUT2D eigenvalue weighted by Crippen LogP contribution is 2.27. The second-order valence-electron chi connectivity index (χ2n) is 5.52. The third-order valence-electron chi connectivity index (χ3n) is 3.79. The monoisotopic (exact) mass is 342 g/mol. The molecule has 1 aromatic carbocycles. The lowest BCUT2D eigenvalue weighted by Gasteiger charge is -2.09. The molecule has 0 spiro atoms. The molecule has 0 atom stereocenters. The minimum Gasteiger partial charge on any atom is -0.303 e. The van der Waals surface area contributed by atoms with Gasteiger partial charge in [-0.15, -0.1) is 4.91 Å². The van der Waals surface area contributed by atoms with Gasteiger partial charge in [-0.3, -0.25) is 4.79 Å². The number of aromatic nitrogens is 2. The first kappa shape index (κ1) is 16.1. The van der Waals surface area contributed by atoms with Crippen LogP contribution >= 0.6 is 11.6 Å². The smallest absolute Gasteiger partial charge is 0.251 e. The quantitative estimate of drug-likeness (QED) is 0.537. The van der Waals surface area contributed by atoms with Crippen LogP contribution in [0.5, 0.6) is 0 Å². The number of fused-ring (bicyclic) bond motifs is 1. The van der Waals surface area contributed by atoms with Gasteiger partial charge in [0.25, 0.3) is 5.91 Å². The second-order valence-corrected chi connectivity index (χ2v) is 5.96. The zero-order valence-corrected chi connectivity index (χ0v) is 14.0. The van der Waals surface area contributed by atoms with Crippen LogP contribution in [0.15, 0.2) is 47.9 Å². The average Bonchev–Trinajstić information content (AvgIpc) is 2.92. The molecule has 2 heterocycles. The number of nitroso groups, excluding NO2 is 1. The Morgan fingerprint density at radius 3 is 2.62 bits per heavy atom. The summed E-state index contributed by atoms with van der Waals surface area (Å²) in [6, 6.07) is 11.1. The largest absolute Gasteiger partial charge is 0.303 e. The van der Waals surface area contributed by atoms with Crippen molar-refractivity contribution >= 4 is 23.2 Å². The molecule has 3 rings (SSSR count). The Labute approximate surface area is 143 Å². The number of hydrogen-bond acceptors (Lipinski definition) is 4. The Hall–Kier alpha value is -2.73. The molecule has 7 heteroatoms. The highest BCUT2D eigenvalue weighted by atomic mass is 35.5. The summed E-state index contributed by atoms with van der Waals surface area (Å²) in [5.41, 5.74) is 4.01. The Balaban J connectivity index is 2.16. The van der Waals surface area contributed by atoms with Gasteiger partial charge in [-0.2, -0.15) is 5.01 Å². The molecule has 0 aliphatic rings. The number of hydrogen-bond donors (Lipinski definition) is 0. The van der Waals surface area contributed by atoms with E-state index in [0.29, 0.717) is 16.4 Å². The summed E-state index contributed by atoms with van der Waals surface area (Å²) >= 11 is 5.95. The number of carbonyl (C=O) groups excluding carboxylic acids is 1. The van der Waals surface area contributed by atoms with E-state index in [1.165, 1.54) is 7.05 Å². The summed E-state index contributed by atoms with van der Waals surface area (Å²) in [6.45, 7) is 1.96. The number of pyridine rings is 1. The normalized spacial score (nSPS) is 10.8. The predicted octanol–water partition coefficient (Wildman–Crippen LogP) is 3.65. The molecule has 6 nitrogen and oxygen atoms in total. The molecule has 0 saturated heterocycles. The Morgan fingerprint density at radius 2 is 1.96 bits per heavy atom. The maximum absolute atomic E-state index is 12.2. The van der Waals surface area contributed by atoms with Gasteiger partial charge in [-0.1, -0.05) is 29.8 Å². The van der Waals surface area contributed by atoms with Crippen LogP contribution in [0, 0.1) is 11.8 Å². The fraction of sp³-hybridized carbons (Fsp3) is 0.176. The minimum absolute atomic E-state index is 0.0187. The molecule has 24 heavy (non-hydrogen) atoms. The number of benzene rings is 1. The summed E-state index contributed by atoms with van der Waals surface area (Å²) in [5, 5.41) is 4.09. The minimum atomic E-state index is -0.400. The van der Waals surface area contributed by atoms with Crippen molar-refractivity contribution in [1.82, 2.24) is 14.4 Å². The number of carbonyl (C=O) groups is 1. The summed E-state index contributed by atoms with van der Waals surface area (Å²) in [6.07, 6.45) is 1.93. The van der Waals surface area contributed by atoms with Gasteiger partial charge in [0.05, 0.1) is 23.1 Å². The first-order valence-corrected chi connectivity index (χ1v) is 7.70. The summed E-state index contributed by atoms with van der Waals surface area (Å²) in [4.78, 5) is 27.4. The fourth-order valence-corrected chi connectivity index (χ4v) is 2.64. The molecule has 3 aromatic rings. The molecule has 0 N–H and O–H groups in total. The van der Waals surface area contributed by atoms with E-state index in [1.54, 1.807) is 12.1 Å². The van der Waals surface area contributed by atoms with Crippen molar-refractivity contribution in [2.24, 2.45) is 5.29 Å². The lowest BCUT2D eigenvalue weighted by molar-refractivity contribution is -0.129. The number of aryl methyl sites for hydroxylation is 1. The van der Waals surface area contributed by atoms with Crippen LogP contribution in [0.2, 0.25) is 5.02 Å². The van der Waals surface area contributed by atoms with Crippen molar-refractivity contribution in [2.75, 3.05) is 7.05 Å². The van der Waals surface area contributed by atoms with Gasteiger partial charge in [0, 0.05) is 23.8 Å². The molecule has 1 amide bonds. The van der Waals surface area contributed by atoms with E-state index >= 15 is 0 Å². The van der Waals surface area contributed by atoms with Crippen LogP contribution in [-0.4, -0.2) is 27.3 Å². The molecule has 0 radical (unpaired) electrons. The second kappa shape index (κ2) is 6.41. The van der Waals surface area contributed by atoms with Crippen molar-refractivity contribution in [3.8, 4) is 11.3 Å². The van der Waals surface area contributed by atoms with Crippen molar-refractivity contribution in [3.63, 3.8) is 0 Å². The van der Waals surface area contributed by atoms with E-state index in [9.17, 15) is 9.70 Å². The van der Waals surface area contributed by atoms with Crippen LogP contribution in [-0.2, 0) is 11.2 Å². The molecule has 0 saturated carbocycles. The topological polar surface area (TPSA) is 67.0 Å². The maximum Gasteiger partial charge on any atom is 0.251 e. The van der Waals surface area contributed by atoms with E-state index in [-0.39, 0.29) is 6.42 Å². The number of imidazole rings is 1. The Morgan fingerprint density at radius 1 is 1.25 bits per heavy atom. The molecule has 0 aliphatic carbocycles. The van der Waals surface area contributed by atoms with Crippen molar-refractivity contribution in [1.29, 1.82) is 0 Å². The number of rotatable bonds is 4. The molecule has 122 valence electrons. The van der Waals surface area contributed by atoms with E-state index < -0.39 is 5.91 Å². The van der Waals surface area contributed by atoms with E-state index in [2.05, 4.69) is 10.3 Å². The summed E-state index contributed by atoms with van der Waals surface area (Å²) in [7, 11) is 1.34.